The fraction of sp³-hybridized carbons (Fsp3) is 0.176. The lowest BCUT2D eigenvalue weighted by Gasteiger charge is -2.09. The van der Waals surface area contributed by atoms with Gasteiger partial charge < -0.3 is 9.88 Å². The molecule has 1 N–H and O–H groups in total. The molecule has 3 heterocycles. The van der Waals surface area contributed by atoms with Crippen LogP contribution in [0.5, 0.6) is 0 Å². The lowest BCUT2D eigenvalue weighted by molar-refractivity contribution is 0.0942. The van der Waals surface area contributed by atoms with Crippen molar-refractivity contribution < 1.29 is 4.79 Å². The number of allylic oxidation sites excluding steroid dienone is 2. The summed E-state index contributed by atoms with van der Waals surface area (Å²) in [6.07, 6.45) is 7.52. The molecule has 118 valence electrons. The maximum Gasteiger partial charge on any atom is 0.268 e. The molecule has 0 fully saturated rings. The molecule has 0 saturated carbocycles. The normalized spacial score (nSPS) is 11.4. The third-order valence-corrected chi connectivity index (χ3v) is 5.07. The summed E-state index contributed by atoms with van der Waals surface area (Å²) in [4.78, 5) is 16.6. The number of thiophene rings is 1. The molecule has 3 aromatic heterocycles. The van der Waals surface area contributed by atoms with Gasteiger partial charge in [0.25, 0.3) is 5.91 Å². The van der Waals surface area contributed by atoms with Crippen molar-refractivity contribution in [3.05, 3.63) is 63.9 Å². The average Bonchev–Trinajstić information content (AvgIpc) is 3.08. The van der Waals surface area contributed by atoms with Crippen molar-refractivity contribution in [2.24, 2.45) is 0 Å². The van der Waals surface area contributed by atoms with Crippen molar-refractivity contribution in [3.63, 3.8) is 0 Å². The lowest BCUT2D eigenvalue weighted by atomic mass is 10.3. The molecule has 23 heavy (non-hydrogen) atoms. The number of hydrogen-bond acceptors (Lipinski definition) is 3. The number of carbonyl (C=O) groups excluding carboxylic acids is 1. The van der Waals surface area contributed by atoms with Crippen LogP contribution in [-0.2, 0) is 13.1 Å². The van der Waals surface area contributed by atoms with Crippen molar-refractivity contribution in [3.8, 4) is 0 Å². The molecule has 0 unspecified atom stereocenters. The van der Waals surface area contributed by atoms with Gasteiger partial charge in [-0.05, 0) is 46.6 Å². The molecule has 0 spiro atoms. The van der Waals surface area contributed by atoms with Gasteiger partial charge in [0.2, 0.25) is 0 Å². The molecule has 0 bridgehead atoms. The highest BCUT2D eigenvalue weighted by molar-refractivity contribution is 9.11. The second kappa shape index (κ2) is 7.10. The van der Waals surface area contributed by atoms with Gasteiger partial charge in [-0.3, -0.25) is 9.78 Å². The summed E-state index contributed by atoms with van der Waals surface area (Å²) < 4.78 is 4.21. The lowest BCUT2D eigenvalue weighted by Crippen LogP contribution is -2.25. The molecular formula is C17H16BrN3OS. The Kier molecular flexibility index (Phi) is 4.93. The quantitative estimate of drug-likeness (QED) is 0.658. The highest BCUT2D eigenvalue weighted by atomic mass is 79.9. The number of nitrogens with zero attached hydrogens (tertiary/aromatic N) is 2. The Balaban J connectivity index is 1.85. The molecule has 0 aromatic carbocycles. The van der Waals surface area contributed by atoms with Crippen LogP contribution in [0.1, 0.15) is 23.0 Å². The first-order valence-electron chi connectivity index (χ1n) is 7.26. The molecule has 0 aliphatic heterocycles. The van der Waals surface area contributed by atoms with Gasteiger partial charge in [0.15, 0.2) is 0 Å². The number of rotatable bonds is 5. The van der Waals surface area contributed by atoms with Gasteiger partial charge in [-0.25, -0.2) is 0 Å². The number of halogens is 1. The summed E-state index contributed by atoms with van der Waals surface area (Å²) >= 11 is 5.14. The zero-order valence-electron chi connectivity index (χ0n) is 12.6. The maximum absolute atomic E-state index is 12.6. The number of carbonyl (C=O) groups is 1. The van der Waals surface area contributed by atoms with Gasteiger partial charge >= 0.3 is 0 Å². The predicted molar refractivity (Wildman–Crippen MR) is 97.7 cm³/mol. The van der Waals surface area contributed by atoms with Gasteiger partial charge in [-0.1, -0.05) is 18.2 Å². The third-order valence-electron chi connectivity index (χ3n) is 3.49. The molecule has 0 aliphatic rings. The van der Waals surface area contributed by atoms with Gasteiger partial charge in [-0.2, -0.15) is 0 Å². The minimum atomic E-state index is -0.0714. The summed E-state index contributed by atoms with van der Waals surface area (Å²) in [7, 11) is 0. The van der Waals surface area contributed by atoms with Crippen molar-refractivity contribution in [2.45, 2.75) is 20.0 Å². The number of pyridine rings is 1. The van der Waals surface area contributed by atoms with Gasteiger partial charge in [0.05, 0.1) is 14.0 Å². The highest BCUT2D eigenvalue weighted by Gasteiger charge is 2.16. The average molecular weight is 390 g/mol. The molecule has 3 rings (SSSR count). The zero-order valence-corrected chi connectivity index (χ0v) is 15.0. The van der Waals surface area contributed by atoms with Crippen LogP contribution in [0, 0.1) is 0 Å². The van der Waals surface area contributed by atoms with Crippen molar-refractivity contribution in [1.82, 2.24) is 14.9 Å². The maximum atomic E-state index is 12.6. The molecule has 6 heteroatoms. The first-order valence-corrected chi connectivity index (χ1v) is 8.87. The molecule has 1 amide bonds. The Morgan fingerprint density at radius 1 is 1.48 bits per heavy atom. The van der Waals surface area contributed by atoms with Crippen molar-refractivity contribution in [2.75, 3.05) is 0 Å². The van der Waals surface area contributed by atoms with E-state index in [1.54, 1.807) is 23.7 Å². The molecule has 0 radical (unpaired) electrons. The Labute approximate surface area is 147 Å². The molecule has 0 atom stereocenters. The predicted octanol–water partition coefficient (Wildman–Crippen LogP) is 4.37. The standard InChI is InChI=1S/C17H16BrN3OS/c1-2-3-7-21-13-9-16(18)23-15(13)8-14(21)17(22)20-11-12-5-4-6-19-10-12/h2-6,8-10H,7,11H2,1H3,(H,20,22). The zero-order chi connectivity index (χ0) is 16.2. The fourth-order valence-corrected chi connectivity index (χ4v) is 3.95. The van der Waals surface area contributed by atoms with Crippen LogP contribution < -0.4 is 5.32 Å². The molecule has 0 aliphatic carbocycles. The van der Waals surface area contributed by atoms with Crippen LogP contribution >= 0.6 is 27.3 Å². The number of aromatic nitrogens is 2. The molecular weight excluding hydrogens is 374 g/mol. The van der Waals surface area contributed by atoms with E-state index in [4.69, 9.17) is 0 Å². The topological polar surface area (TPSA) is 46.9 Å². The number of hydrogen-bond donors (Lipinski definition) is 1. The van der Waals surface area contributed by atoms with E-state index in [0.717, 1.165) is 19.6 Å². The Morgan fingerprint density at radius 3 is 3.09 bits per heavy atom. The summed E-state index contributed by atoms with van der Waals surface area (Å²) in [5, 5.41) is 2.97. The van der Waals surface area contributed by atoms with Crippen LogP contribution in [0.25, 0.3) is 10.2 Å². The molecule has 4 nitrogen and oxygen atoms in total. The van der Waals surface area contributed by atoms with E-state index in [9.17, 15) is 4.79 Å². The molecule has 3 aromatic rings. The van der Waals surface area contributed by atoms with E-state index in [0.29, 0.717) is 18.8 Å². The Hall–Kier alpha value is -1.92. The largest absolute Gasteiger partial charge is 0.347 e. The van der Waals surface area contributed by atoms with Crippen LogP contribution in [-0.4, -0.2) is 15.5 Å². The van der Waals surface area contributed by atoms with Crippen LogP contribution in [0.3, 0.4) is 0 Å². The van der Waals surface area contributed by atoms with Gasteiger partial charge in [-0.15, -0.1) is 11.3 Å². The van der Waals surface area contributed by atoms with Crippen LogP contribution in [0.15, 0.2) is 52.6 Å². The minimum absolute atomic E-state index is 0.0714. The van der Waals surface area contributed by atoms with E-state index in [1.165, 1.54) is 0 Å². The minimum Gasteiger partial charge on any atom is -0.347 e. The highest BCUT2D eigenvalue weighted by Crippen LogP contribution is 2.32. The van der Waals surface area contributed by atoms with E-state index in [2.05, 4.69) is 32.3 Å². The third kappa shape index (κ3) is 3.54. The van der Waals surface area contributed by atoms with Gasteiger partial charge in [0, 0.05) is 25.5 Å². The monoisotopic (exact) mass is 389 g/mol. The first-order chi connectivity index (χ1) is 11.2. The first kappa shape index (κ1) is 16.0. The van der Waals surface area contributed by atoms with Crippen molar-refractivity contribution in [1.29, 1.82) is 0 Å². The van der Waals surface area contributed by atoms with Crippen molar-refractivity contribution >= 4 is 43.4 Å². The summed E-state index contributed by atoms with van der Waals surface area (Å²) in [6, 6.07) is 7.82. The fourth-order valence-electron chi connectivity index (χ4n) is 2.38. The second-order valence-electron chi connectivity index (χ2n) is 5.05. The SMILES string of the molecule is CC=CCn1c(C(=O)NCc2cccnc2)cc2sc(Br)cc21. The smallest absolute Gasteiger partial charge is 0.268 e. The van der Waals surface area contributed by atoms with Gasteiger partial charge in [0.1, 0.15) is 5.69 Å². The Bertz CT molecular complexity index is 851. The Morgan fingerprint density at radius 2 is 2.35 bits per heavy atom. The summed E-state index contributed by atoms with van der Waals surface area (Å²) in [5.41, 5.74) is 2.74. The van der Waals surface area contributed by atoms with Crippen LogP contribution in [0.2, 0.25) is 0 Å². The second-order valence-corrected chi connectivity index (χ2v) is 7.52. The van der Waals surface area contributed by atoms with Crippen LogP contribution in [0.4, 0.5) is 0 Å². The molecule has 0 saturated heterocycles. The van der Waals surface area contributed by atoms with E-state index < -0.39 is 0 Å². The van der Waals surface area contributed by atoms with E-state index in [1.807, 2.05) is 41.8 Å². The summed E-state index contributed by atoms with van der Waals surface area (Å²) in [5.74, 6) is -0.0714. The number of nitrogens with one attached hydrogen (secondary N) is 1. The number of amides is 1. The summed E-state index contributed by atoms with van der Waals surface area (Å²) in [6.45, 7) is 3.13. The number of fused-ring (bicyclic) bond motifs is 1. The van der Waals surface area contributed by atoms with E-state index >= 15 is 0 Å². The van der Waals surface area contributed by atoms with E-state index in [-0.39, 0.29) is 5.91 Å².